The Morgan fingerprint density at radius 1 is 1.27 bits per heavy atom. The zero-order valence-electron chi connectivity index (χ0n) is 13.4. The molecule has 3 atom stereocenters. The maximum atomic E-state index is 13.0. The number of hydrogen-bond acceptors (Lipinski definition) is 4. The molecule has 0 radical (unpaired) electrons. The van der Waals surface area contributed by atoms with Crippen LogP contribution in [0.25, 0.3) is 0 Å². The number of benzene rings is 1. The van der Waals surface area contributed by atoms with Gasteiger partial charge in [0.15, 0.2) is 5.78 Å². The lowest BCUT2D eigenvalue weighted by atomic mass is 9.90. The van der Waals surface area contributed by atoms with Gasteiger partial charge in [-0.1, -0.05) is 24.6 Å². The van der Waals surface area contributed by atoms with Crippen molar-refractivity contribution in [2.75, 3.05) is 7.11 Å². The van der Waals surface area contributed by atoms with Crippen molar-refractivity contribution in [1.82, 2.24) is 4.31 Å². The molecule has 5 nitrogen and oxygen atoms in total. The van der Waals surface area contributed by atoms with Gasteiger partial charge < -0.3 is 4.74 Å². The molecule has 0 N–H and O–H groups in total. The fraction of sp³-hybridized carbons (Fsp3) is 0.562. The second kappa shape index (κ2) is 6.48. The molecule has 0 saturated carbocycles. The Bertz CT molecular complexity index is 639. The van der Waals surface area contributed by atoms with E-state index in [9.17, 15) is 13.2 Å². The normalized spacial score (nSPS) is 27.1. The summed E-state index contributed by atoms with van der Waals surface area (Å²) in [7, 11) is -2.28. The van der Waals surface area contributed by atoms with E-state index >= 15 is 0 Å². The number of Topliss-reactive ketones (excluding diaryl/α,β-unsaturated/α-hetero) is 1. The molecule has 0 aliphatic carbocycles. The van der Waals surface area contributed by atoms with Gasteiger partial charge in [-0.15, -0.1) is 0 Å². The van der Waals surface area contributed by atoms with Crippen LogP contribution in [-0.2, 0) is 19.6 Å². The number of methoxy groups -OCH3 is 1. The van der Waals surface area contributed by atoms with Crippen molar-refractivity contribution in [3.63, 3.8) is 0 Å². The highest BCUT2D eigenvalue weighted by molar-refractivity contribution is 7.89. The van der Waals surface area contributed by atoms with E-state index in [1.807, 2.05) is 13.8 Å². The van der Waals surface area contributed by atoms with E-state index in [0.717, 1.165) is 5.56 Å². The predicted octanol–water partition coefficient (Wildman–Crippen LogP) is 2.35. The standard InChI is InChI=1S/C16H23NO4S/c1-5-13-10-15(18)12(3)17(16(13)21-4)22(19,20)14-8-6-11(2)7-9-14/h6-9,12-13,16H,5,10H2,1-4H3/t12-,13-,16+/m0/s1. The van der Waals surface area contributed by atoms with Crippen molar-refractivity contribution in [1.29, 1.82) is 0 Å². The van der Waals surface area contributed by atoms with Crippen LogP contribution >= 0.6 is 0 Å². The predicted molar refractivity (Wildman–Crippen MR) is 83.9 cm³/mol. The van der Waals surface area contributed by atoms with E-state index in [0.29, 0.717) is 12.8 Å². The van der Waals surface area contributed by atoms with Crippen LogP contribution in [-0.4, -0.2) is 37.9 Å². The largest absolute Gasteiger partial charge is 0.365 e. The number of ketones is 1. The van der Waals surface area contributed by atoms with Gasteiger partial charge >= 0.3 is 0 Å². The van der Waals surface area contributed by atoms with Gasteiger partial charge in [0.05, 0.1) is 10.9 Å². The van der Waals surface area contributed by atoms with Gasteiger partial charge in [-0.05, 0) is 32.4 Å². The summed E-state index contributed by atoms with van der Waals surface area (Å²) in [6, 6.07) is 5.94. The summed E-state index contributed by atoms with van der Waals surface area (Å²) in [5.74, 6) is -0.176. The second-order valence-electron chi connectivity index (χ2n) is 5.79. The molecule has 0 bridgehead atoms. The number of piperidine rings is 1. The van der Waals surface area contributed by atoms with E-state index in [4.69, 9.17) is 4.74 Å². The maximum absolute atomic E-state index is 13.0. The monoisotopic (exact) mass is 325 g/mol. The summed E-state index contributed by atoms with van der Waals surface area (Å²) in [4.78, 5) is 12.4. The van der Waals surface area contributed by atoms with Crippen LogP contribution in [0, 0.1) is 12.8 Å². The smallest absolute Gasteiger partial charge is 0.245 e. The number of aryl methyl sites for hydroxylation is 1. The van der Waals surface area contributed by atoms with Crippen molar-refractivity contribution in [3.8, 4) is 0 Å². The first kappa shape index (κ1) is 17.1. The third-order valence-electron chi connectivity index (χ3n) is 4.33. The number of ether oxygens (including phenoxy) is 1. The van der Waals surface area contributed by atoms with Crippen molar-refractivity contribution >= 4 is 15.8 Å². The zero-order valence-corrected chi connectivity index (χ0v) is 14.3. The first-order chi connectivity index (χ1) is 10.3. The first-order valence-electron chi connectivity index (χ1n) is 7.48. The average molecular weight is 325 g/mol. The van der Waals surface area contributed by atoms with Gasteiger partial charge in [0.1, 0.15) is 6.23 Å². The third kappa shape index (κ3) is 2.95. The number of rotatable bonds is 4. The van der Waals surface area contributed by atoms with Crippen molar-refractivity contribution in [2.24, 2.45) is 5.92 Å². The molecular formula is C16H23NO4S. The van der Waals surface area contributed by atoms with Gasteiger partial charge in [-0.25, -0.2) is 8.42 Å². The third-order valence-corrected chi connectivity index (χ3v) is 6.27. The molecule has 1 saturated heterocycles. The summed E-state index contributed by atoms with van der Waals surface area (Å²) in [5.41, 5.74) is 0.983. The van der Waals surface area contributed by atoms with Crippen LogP contribution < -0.4 is 0 Å². The molecule has 0 spiro atoms. The topological polar surface area (TPSA) is 63.7 Å². The molecule has 1 aliphatic heterocycles. The van der Waals surface area contributed by atoms with Gasteiger partial charge in [0.2, 0.25) is 10.0 Å². The number of hydrogen-bond donors (Lipinski definition) is 0. The molecule has 122 valence electrons. The fourth-order valence-corrected chi connectivity index (χ4v) is 4.71. The van der Waals surface area contributed by atoms with Crippen LogP contribution in [0.1, 0.15) is 32.3 Å². The second-order valence-corrected chi connectivity index (χ2v) is 7.63. The molecule has 1 heterocycles. The Kier molecular flexibility index (Phi) is 5.04. The molecule has 6 heteroatoms. The molecule has 1 aromatic carbocycles. The van der Waals surface area contributed by atoms with E-state index in [2.05, 4.69) is 0 Å². The molecule has 0 aromatic heterocycles. The Morgan fingerprint density at radius 2 is 1.86 bits per heavy atom. The SMILES string of the molecule is CC[C@H]1CC(=O)[C@H](C)N(S(=O)(=O)c2ccc(C)cc2)[C@@H]1OC. The minimum atomic E-state index is -3.78. The van der Waals surface area contributed by atoms with Crippen LogP contribution in [0.3, 0.4) is 0 Å². The van der Waals surface area contributed by atoms with E-state index in [1.165, 1.54) is 11.4 Å². The highest BCUT2D eigenvalue weighted by Gasteiger charge is 2.46. The van der Waals surface area contributed by atoms with E-state index < -0.39 is 22.3 Å². The molecule has 22 heavy (non-hydrogen) atoms. The molecule has 0 unspecified atom stereocenters. The van der Waals surface area contributed by atoms with Crippen LogP contribution in [0.2, 0.25) is 0 Å². The quantitative estimate of drug-likeness (QED) is 0.852. The minimum Gasteiger partial charge on any atom is -0.365 e. The van der Waals surface area contributed by atoms with Gasteiger partial charge in [0.25, 0.3) is 0 Å². The highest BCUT2D eigenvalue weighted by Crippen LogP contribution is 2.33. The van der Waals surface area contributed by atoms with Crippen LogP contribution in [0.15, 0.2) is 29.2 Å². The summed E-state index contributed by atoms with van der Waals surface area (Å²) in [6.07, 6.45) is 0.441. The Hall–Kier alpha value is -1.24. The number of sulfonamides is 1. The molecular weight excluding hydrogens is 302 g/mol. The average Bonchev–Trinajstić information content (AvgIpc) is 2.49. The summed E-state index contributed by atoms with van der Waals surface area (Å²) >= 11 is 0. The Morgan fingerprint density at radius 3 is 2.36 bits per heavy atom. The van der Waals surface area contributed by atoms with Crippen LogP contribution in [0.5, 0.6) is 0 Å². The van der Waals surface area contributed by atoms with Crippen molar-refractivity contribution in [2.45, 2.75) is 50.8 Å². The van der Waals surface area contributed by atoms with Crippen molar-refractivity contribution in [3.05, 3.63) is 29.8 Å². The van der Waals surface area contributed by atoms with Crippen LogP contribution in [0.4, 0.5) is 0 Å². The van der Waals surface area contributed by atoms with Gasteiger partial charge in [-0.2, -0.15) is 4.31 Å². The molecule has 1 fully saturated rings. The zero-order chi connectivity index (χ0) is 16.5. The molecule has 0 amide bonds. The highest BCUT2D eigenvalue weighted by atomic mass is 32.2. The number of nitrogens with zero attached hydrogens (tertiary/aromatic N) is 1. The maximum Gasteiger partial charge on any atom is 0.245 e. The Balaban J connectivity index is 2.49. The van der Waals surface area contributed by atoms with Crippen molar-refractivity contribution < 1.29 is 17.9 Å². The molecule has 1 aliphatic rings. The molecule has 2 rings (SSSR count). The lowest BCUT2D eigenvalue weighted by Crippen LogP contribution is -2.57. The summed E-state index contributed by atoms with van der Waals surface area (Å²) < 4.78 is 32.6. The lowest BCUT2D eigenvalue weighted by molar-refractivity contribution is -0.138. The molecule has 1 aromatic rings. The first-order valence-corrected chi connectivity index (χ1v) is 8.92. The lowest BCUT2D eigenvalue weighted by Gasteiger charge is -2.42. The summed E-state index contributed by atoms with van der Waals surface area (Å²) in [5, 5.41) is 0. The summed E-state index contributed by atoms with van der Waals surface area (Å²) in [6.45, 7) is 5.47. The fourth-order valence-electron chi connectivity index (χ4n) is 2.92. The number of carbonyl (C=O) groups excluding carboxylic acids is 1. The minimum absolute atomic E-state index is 0.0594. The Labute approximate surface area is 132 Å². The van der Waals surface area contributed by atoms with Gasteiger partial charge in [-0.3, -0.25) is 4.79 Å². The van der Waals surface area contributed by atoms with E-state index in [-0.39, 0.29) is 16.6 Å². The van der Waals surface area contributed by atoms with E-state index in [1.54, 1.807) is 31.2 Å². The van der Waals surface area contributed by atoms with Gasteiger partial charge in [0, 0.05) is 19.4 Å². The number of carbonyl (C=O) groups is 1.